The molecular weight excluding hydrogens is 252 g/mol. The molecule has 2 amide bonds. The van der Waals surface area contributed by atoms with E-state index < -0.39 is 0 Å². The van der Waals surface area contributed by atoms with Crippen LogP contribution in [-0.2, 0) is 9.59 Å². The fourth-order valence-electron chi connectivity index (χ4n) is 3.29. The van der Waals surface area contributed by atoms with Crippen molar-refractivity contribution in [2.75, 3.05) is 4.90 Å². The van der Waals surface area contributed by atoms with Crippen molar-refractivity contribution in [3.05, 3.63) is 29.3 Å². The second-order valence-electron chi connectivity index (χ2n) is 5.62. The molecular formula is C16H16N2O2. The summed E-state index contributed by atoms with van der Waals surface area (Å²) >= 11 is 0. The largest absolute Gasteiger partial charge is 0.274 e. The molecule has 2 aliphatic rings. The average molecular weight is 268 g/mol. The highest BCUT2D eigenvalue weighted by molar-refractivity contribution is 6.22. The van der Waals surface area contributed by atoms with Crippen LogP contribution in [0.4, 0.5) is 5.69 Å². The van der Waals surface area contributed by atoms with Crippen LogP contribution in [0.2, 0.25) is 0 Å². The van der Waals surface area contributed by atoms with Crippen LogP contribution < -0.4 is 4.90 Å². The van der Waals surface area contributed by atoms with E-state index in [1.54, 1.807) is 18.2 Å². The van der Waals surface area contributed by atoms with E-state index >= 15 is 0 Å². The third kappa shape index (κ3) is 1.82. The molecule has 2 unspecified atom stereocenters. The van der Waals surface area contributed by atoms with Gasteiger partial charge in [-0.3, -0.25) is 14.5 Å². The first-order valence-electron chi connectivity index (χ1n) is 7.02. The molecule has 0 spiro atoms. The summed E-state index contributed by atoms with van der Waals surface area (Å²) in [6, 6.07) is 7.28. The van der Waals surface area contributed by atoms with Crippen molar-refractivity contribution in [3.8, 4) is 6.07 Å². The Morgan fingerprint density at radius 3 is 2.30 bits per heavy atom. The molecule has 1 aromatic carbocycles. The second kappa shape index (κ2) is 4.75. The van der Waals surface area contributed by atoms with E-state index in [0.717, 1.165) is 31.2 Å². The standard InChI is InChI=1S/C16H16N2O2/c1-10-6-7-12(8-11(10)9-17)18-15(19)13-4-2-3-5-14(13)16(18)20/h6-8,13-14H,2-5H2,1H3. The predicted octanol–water partition coefficient (Wildman–Crippen LogP) is 2.55. The molecule has 2 atom stereocenters. The molecule has 4 heteroatoms. The van der Waals surface area contributed by atoms with Gasteiger partial charge in [0.25, 0.3) is 0 Å². The van der Waals surface area contributed by atoms with Crippen molar-refractivity contribution in [1.82, 2.24) is 0 Å². The summed E-state index contributed by atoms with van der Waals surface area (Å²) in [5, 5.41) is 9.09. The normalized spacial score (nSPS) is 25.5. The Hall–Kier alpha value is -2.15. The Bertz CT molecular complexity index is 606. The Morgan fingerprint density at radius 1 is 1.15 bits per heavy atom. The summed E-state index contributed by atoms with van der Waals surface area (Å²) in [7, 11) is 0. The molecule has 4 nitrogen and oxygen atoms in total. The lowest BCUT2D eigenvalue weighted by molar-refractivity contribution is -0.122. The van der Waals surface area contributed by atoms with E-state index in [0.29, 0.717) is 11.3 Å². The van der Waals surface area contributed by atoms with Gasteiger partial charge in [0, 0.05) is 0 Å². The van der Waals surface area contributed by atoms with Crippen molar-refractivity contribution in [1.29, 1.82) is 5.26 Å². The second-order valence-corrected chi connectivity index (χ2v) is 5.62. The van der Waals surface area contributed by atoms with Crippen LogP contribution in [0.3, 0.4) is 0 Å². The van der Waals surface area contributed by atoms with E-state index in [1.165, 1.54) is 4.90 Å². The molecule has 1 saturated carbocycles. The van der Waals surface area contributed by atoms with E-state index in [1.807, 2.05) is 6.92 Å². The van der Waals surface area contributed by atoms with Gasteiger partial charge in [-0.15, -0.1) is 0 Å². The van der Waals surface area contributed by atoms with Gasteiger partial charge in [0.2, 0.25) is 11.8 Å². The maximum Gasteiger partial charge on any atom is 0.237 e. The fourth-order valence-corrected chi connectivity index (χ4v) is 3.29. The number of rotatable bonds is 1. The minimum Gasteiger partial charge on any atom is -0.274 e. The number of imide groups is 1. The number of amides is 2. The fraction of sp³-hybridized carbons (Fsp3) is 0.438. The minimum absolute atomic E-state index is 0.0903. The number of anilines is 1. The monoisotopic (exact) mass is 268 g/mol. The number of aryl methyl sites for hydroxylation is 1. The van der Waals surface area contributed by atoms with Gasteiger partial charge < -0.3 is 0 Å². The van der Waals surface area contributed by atoms with E-state index in [-0.39, 0.29) is 23.7 Å². The van der Waals surface area contributed by atoms with Gasteiger partial charge >= 0.3 is 0 Å². The molecule has 102 valence electrons. The van der Waals surface area contributed by atoms with Gasteiger partial charge in [-0.25, -0.2) is 0 Å². The smallest absolute Gasteiger partial charge is 0.237 e. The lowest BCUT2D eigenvalue weighted by atomic mass is 9.81. The zero-order chi connectivity index (χ0) is 14.3. The highest BCUT2D eigenvalue weighted by Gasteiger charge is 2.48. The first-order chi connectivity index (χ1) is 9.63. The summed E-state index contributed by atoms with van der Waals surface area (Å²) in [5.41, 5.74) is 1.90. The third-order valence-corrected chi connectivity index (χ3v) is 4.44. The molecule has 20 heavy (non-hydrogen) atoms. The minimum atomic E-state index is -0.150. The number of hydrogen-bond acceptors (Lipinski definition) is 3. The Labute approximate surface area is 118 Å². The first kappa shape index (κ1) is 12.9. The van der Waals surface area contributed by atoms with E-state index in [2.05, 4.69) is 6.07 Å². The van der Waals surface area contributed by atoms with Gasteiger partial charge in [0.15, 0.2) is 0 Å². The highest BCUT2D eigenvalue weighted by Crippen LogP contribution is 2.40. The summed E-state index contributed by atoms with van der Waals surface area (Å²) < 4.78 is 0. The summed E-state index contributed by atoms with van der Waals surface area (Å²) in [5.74, 6) is -0.480. The van der Waals surface area contributed by atoms with Crippen LogP contribution in [0.1, 0.15) is 36.8 Å². The van der Waals surface area contributed by atoms with Gasteiger partial charge in [0.1, 0.15) is 0 Å². The number of carbonyl (C=O) groups excluding carboxylic acids is 2. The molecule has 1 aliphatic heterocycles. The van der Waals surface area contributed by atoms with Gasteiger partial charge in [-0.2, -0.15) is 5.26 Å². The maximum absolute atomic E-state index is 12.5. The lowest BCUT2D eigenvalue weighted by Gasteiger charge is -2.19. The zero-order valence-electron chi connectivity index (χ0n) is 11.4. The van der Waals surface area contributed by atoms with Crippen molar-refractivity contribution in [3.63, 3.8) is 0 Å². The quantitative estimate of drug-likeness (QED) is 0.735. The van der Waals surface area contributed by atoms with Crippen LogP contribution in [0.25, 0.3) is 0 Å². The van der Waals surface area contributed by atoms with Crippen LogP contribution in [-0.4, -0.2) is 11.8 Å². The molecule has 1 aliphatic carbocycles. The number of hydrogen-bond donors (Lipinski definition) is 0. The van der Waals surface area contributed by atoms with Crippen LogP contribution in [0, 0.1) is 30.1 Å². The number of carbonyl (C=O) groups is 2. The van der Waals surface area contributed by atoms with Gasteiger partial charge in [-0.1, -0.05) is 18.9 Å². The Balaban J connectivity index is 2.00. The molecule has 0 N–H and O–H groups in total. The van der Waals surface area contributed by atoms with E-state index in [4.69, 9.17) is 5.26 Å². The SMILES string of the molecule is Cc1ccc(N2C(=O)C3CCCCC3C2=O)cc1C#N. The summed E-state index contributed by atoms with van der Waals surface area (Å²) in [6.45, 7) is 1.84. The van der Waals surface area contributed by atoms with Crippen molar-refractivity contribution >= 4 is 17.5 Å². The lowest BCUT2D eigenvalue weighted by Crippen LogP contribution is -2.30. The van der Waals surface area contributed by atoms with Crippen LogP contribution in [0.15, 0.2) is 18.2 Å². The van der Waals surface area contributed by atoms with Crippen LogP contribution >= 0.6 is 0 Å². The summed E-state index contributed by atoms with van der Waals surface area (Å²) in [6.07, 6.45) is 3.65. The van der Waals surface area contributed by atoms with Crippen molar-refractivity contribution in [2.24, 2.45) is 11.8 Å². The molecule has 0 bridgehead atoms. The Kier molecular flexibility index (Phi) is 3.06. The molecule has 2 fully saturated rings. The molecule has 1 saturated heterocycles. The number of benzene rings is 1. The third-order valence-electron chi connectivity index (χ3n) is 4.44. The summed E-state index contributed by atoms with van der Waals surface area (Å²) in [4.78, 5) is 26.2. The van der Waals surface area contributed by atoms with Gasteiger partial charge in [-0.05, 0) is 37.5 Å². The average Bonchev–Trinajstić information content (AvgIpc) is 2.72. The topological polar surface area (TPSA) is 61.2 Å². The number of fused-ring (bicyclic) bond motifs is 1. The van der Waals surface area contributed by atoms with Gasteiger partial charge in [0.05, 0.1) is 29.2 Å². The zero-order valence-corrected chi connectivity index (χ0v) is 11.4. The predicted molar refractivity (Wildman–Crippen MR) is 73.8 cm³/mol. The van der Waals surface area contributed by atoms with E-state index in [9.17, 15) is 9.59 Å². The molecule has 1 heterocycles. The molecule has 0 radical (unpaired) electrons. The molecule has 3 rings (SSSR count). The van der Waals surface area contributed by atoms with Crippen molar-refractivity contribution < 1.29 is 9.59 Å². The molecule has 1 aromatic rings. The number of nitrogens with zero attached hydrogens (tertiary/aromatic N) is 2. The maximum atomic E-state index is 12.5. The highest BCUT2D eigenvalue weighted by atomic mass is 16.2. The van der Waals surface area contributed by atoms with Crippen LogP contribution in [0.5, 0.6) is 0 Å². The first-order valence-corrected chi connectivity index (χ1v) is 7.02. The van der Waals surface area contributed by atoms with Crippen molar-refractivity contribution in [2.45, 2.75) is 32.6 Å². The Morgan fingerprint density at radius 2 is 1.75 bits per heavy atom. The number of nitriles is 1. The molecule has 0 aromatic heterocycles.